The van der Waals surface area contributed by atoms with Gasteiger partial charge in [-0.2, -0.15) is 0 Å². The number of thiocarbonyl (C=S) groups is 1. The van der Waals surface area contributed by atoms with Crippen molar-refractivity contribution in [2.45, 2.75) is 13.3 Å². The summed E-state index contributed by atoms with van der Waals surface area (Å²) in [7, 11) is 1.63. The van der Waals surface area contributed by atoms with Crippen molar-refractivity contribution in [3.63, 3.8) is 0 Å². The van der Waals surface area contributed by atoms with Crippen molar-refractivity contribution in [3.8, 4) is 5.75 Å². The summed E-state index contributed by atoms with van der Waals surface area (Å²) in [6.45, 7) is 4.29. The van der Waals surface area contributed by atoms with Gasteiger partial charge in [-0.3, -0.25) is 0 Å². The van der Waals surface area contributed by atoms with Crippen LogP contribution in [0.25, 0.3) is 0 Å². The van der Waals surface area contributed by atoms with Crippen LogP contribution in [-0.2, 0) is 4.74 Å². The van der Waals surface area contributed by atoms with Crippen LogP contribution < -0.4 is 15.8 Å². The molecule has 4 nitrogen and oxygen atoms in total. The van der Waals surface area contributed by atoms with E-state index in [1.165, 1.54) is 0 Å². The van der Waals surface area contributed by atoms with E-state index >= 15 is 0 Å². The van der Waals surface area contributed by atoms with Gasteiger partial charge in [-0.05, 0) is 25.5 Å². The SMILES string of the molecule is CCOCCCNc1cc(OC)ccc1C(N)=S. The molecule has 0 unspecified atom stereocenters. The number of anilines is 1. The Hall–Kier alpha value is -1.33. The van der Waals surface area contributed by atoms with E-state index in [-0.39, 0.29) is 0 Å². The van der Waals surface area contributed by atoms with E-state index in [2.05, 4.69) is 5.32 Å². The molecule has 0 aliphatic heterocycles. The molecule has 100 valence electrons. The Kier molecular flexibility index (Phi) is 6.46. The maximum atomic E-state index is 5.68. The Labute approximate surface area is 113 Å². The second-order valence-corrected chi connectivity index (χ2v) is 4.19. The van der Waals surface area contributed by atoms with Crippen LogP contribution in [-0.4, -0.2) is 31.9 Å². The molecule has 1 aromatic rings. The predicted molar refractivity (Wildman–Crippen MR) is 78.5 cm³/mol. The maximum absolute atomic E-state index is 5.68. The molecule has 5 heteroatoms. The summed E-state index contributed by atoms with van der Waals surface area (Å²) >= 11 is 5.02. The third-order valence-electron chi connectivity index (χ3n) is 2.48. The molecule has 0 fully saturated rings. The van der Waals surface area contributed by atoms with Gasteiger partial charge >= 0.3 is 0 Å². The fraction of sp³-hybridized carbons (Fsp3) is 0.462. The van der Waals surface area contributed by atoms with E-state index in [1.54, 1.807) is 7.11 Å². The fourth-order valence-corrected chi connectivity index (χ4v) is 1.73. The predicted octanol–water partition coefficient (Wildman–Crippen LogP) is 2.17. The number of benzene rings is 1. The van der Waals surface area contributed by atoms with E-state index in [0.717, 1.165) is 43.2 Å². The molecule has 0 saturated heterocycles. The first-order chi connectivity index (χ1) is 8.69. The summed E-state index contributed by atoms with van der Waals surface area (Å²) in [5, 5.41) is 3.30. The van der Waals surface area contributed by atoms with E-state index in [9.17, 15) is 0 Å². The second-order valence-electron chi connectivity index (χ2n) is 3.75. The highest BCUT2D eigenvalue weighted by molar-refractivity contribution is 7.80. The Morgan fingerprint density at radius 3 is 2.83 bits per heavy atom. The zero-order valence-electron chi connectivity index (χ0n) is 10.9. The van der Waals surface area contributed by atoms with Crippen LogP contribution in [0, 0.1) is 0 Å². The van der Waals surface area contributed by atoms with E-state index in [1.807, 2.05) is 25.1 Å². The maximum Gasteiger partial charge on any atom is 0.120 e. The number of methoxy groups -OCH3 is 1. The Morgan fingerprint density at radius 2 is 2.22 bits per heavy atom. The third kappa shape index (κ3) is 4.50. The van der Waals surface area contributed by atoms with E-state index in [4.69, 9.17) is 27.4 Å². The summed E-state index contributed by atoms with van der Waals surface area (Å²) < 4.78 is 10.5. The van der Waals surface area contributed by atoms with Crippen LogP contribution in [0.5, 0.6) is 5.75 Å². The third-order valence-corrected chi connectivity index (χ3v) is 2.70. The van der Waals surface area contributed by atoms with Gasteiger partial charge in [0.15, 0.2) is 0 Å². The quantitative estimate of drug-likeness (QED) is 0.559. The Bertz CT molecular complexity index is 397. The summed E-state index contributed by atoms with van der Waals surface area (Å²) in [6, 6.07) is 5.61. The first-order valence-electron chi connectivity index (χ1n) is 5.98. The van der Waals surface area contributed by atoms with Gasteiger partial charge in [0.25, 0.3) is 0 Å². The van der Waals surface area contributed by atoms with Gasteiger partial charge in [0.2, 0.25) is 0 Å². The number of hydrogen-bond donors (Lipinski definition) is 2. The van der Waals surface area contributed by atoms with Crippen molar-refractivity contribution in [2.75, 3.05) is 32.2 Å². The van der Waals surface area contributed by atoms with Gasteiger partial charge in [-0.25, -0.2) is 0 Å². The topological polar surface area (TPSA) is 56.5 Å². The Morgan fingerprint density at radius 1 is 1.44 bits per heavy atom. The van der Waals surface area contributed by atoms with Gasteiger partial charge < -0.3 is 20.5 Å². The zero-order valence-corrected chi connectivity index (χ0v) is 11.7. The van der Waals surface area contributed by atoms with Gasteiger partial charge in [0, 0.05) is 37.1 Å². The first-order valence-corrected chi connectivity index (χ1v) is 6.39. The molecular formula is C13H20N2O2S. The number of nitrogens with one attached hydrogen (secondary N) is 1. The molecule has 0 amide bonds. The second kappa shape index (κ2) is 7.89. The lowest BCUT2D eigenvalue weighted by atomic mass is 10.1. The molecule has 3 N–H and O–H groups in total. The smallest absolute Gasteiger partial charge is 0.120 e. The van der Waals surface area contributed by atoms with Crippen LogP contribution in [0.2, 0.25) is 0 Å². The monoisotopic (exact) mass is 268 g/mol. The number of ether oxygens (including phenoxy) is 2. The summed E-state index contributed by atoms with van der Waals surface area (Å²) in [4.78, 5) is 0.380. The highest BCUT2D eigenvalue weighted by Crippen LogP contribution is 2.22. The molecule has 1 rings (SSSR count). The fourth-order valence-electron chi connectivity index (χ4n) is 1.55. The van der Waals surface area contributed by atoms with Gasteiger partial charge in [-0.1, -0.05) is 12.2 Å². The van der Waals surface area contributed by atoms with Gasteiger partial charge in [-0.15, -0.1) is 0 Å². The van der Waals surface area contributed by atoms with Crippen molar-refractivity contribution < 1.29 is 9.47 Å². The van der Waals surface area contributed by atoms with Crippen molar-refractivity contribution in [3.05, 3.63) is 23.8 Å². The number of nitrogens with two attached hydrogens (primary N) is 1. The number of hydrogen-bond acceptors (Lipinski definition) is 4. The first kappa shape index (κ1) is 14.7. The molecule has 0 saturated carbocycles. The normalized spacial score (nSPS) is 10.1. The van der Waals surface area contributed by atoms with Crippen LogP contribution in [0.4, 0.5) is 5.69 Å². The molecule has 0 spiro atoms. The minimum atomic E-state index is 0.380. The lowest BCUT2D eigenvalue weighted by Crippen LogP contribution is -2.14. The standard InChI is InChI=1S/C13H20N2O2S/c1-3-17-8-4-7-15-12-9-10(16-2)5-6-11(12)13(14)18/h5-6,9,15H,3-4,7-8H2,1-2H3,(H2,14,18). The highest BCUT2D eigenvalue weighted by atomic mass is 32.1. The molecule has 0 aromatic heterocycles. The van der Waals surface area contributed by atoms with Crippen molar-refractivity contribution in [1.82, 2.24) is 0 Å². The summed E-state index contributed by atoms with van der Waals surface area (Å²) in [5.74, 6) is 0.780. The molecule has 0 atom stereocenters. The molecular weight excluding hydrogens is 248 g/mol. The molecule has 0 aliphatic carbocycles. The highest BCUT2D eigenvalue weighted by Gasteiger charge is 2.06. The molecule has 0 heterocycles. The minimum absolute atomic E-state index is 0.380. The van der Waals surface area contributed by atoms with E-state index < -0.39 is 0 Å². The van der Waals surface area contributed by atoms with Crippen molar-refractivity contribution >= 4 is 22.9 Å². The zero-order chi connectivity index (χ0) is 13.4. The van der Waals surface area contributed by atoms with E-state index in [0.29, 0.717) is 4.99 Å². The van der Waals surface area contributed by atoms with Gasteiger partial charge in [0.1, 0.15) is 10.7 Å². The molecule has 0 bridgehead atoms. The largest absolute Gasteiger partial charge is 0.497 e. The molecule has 1 aromatic carbocycles. The molecule has 0 radical (unpaired) electrons. The summed E-state index contributed by atoms with van der Waals surface area (Å²) in [5.41, 5.74) is 7.42. The Balaban J connectivity index is 2.63. The molecule has 18 heavy (non-hydrogen) atoms. The van der Waals surface area contributed by atoms with Crippen LogP contribution in [0.3, 0.4) is 0 Å². The molecule has 0 aliphatic rings. The lowest BCUT2D eigenvalue weighted by molar-refractivity contribution is 0.147. The summed E-state index contributed by atoms with van der Waals surface area (Å²) in [6.07, 6.45) is 0.932. The van der Waals surface area contributed by atoms with Crippen LogP contribution >= 0.6 is 12.2 Å². The van der Waals surface area contributed by atoms with Crippen molar-refractivity contribution in [1.29, 1.82) is 0 Å². The number of rotatable bonds is 8. The van der Waals surface area contributed by atoms with Crippen LogP contribution in [0.1, 0.15) is 18.9 Å². The average molecular weight is 268 g/mol. The van der Waals surface area contributed by atoms with Gasteiger partial charge in [0.05, 0.1) is 7.11 Å². The lowest BCUT2D eigenvalue weighted by Gasteiger charge is -2.12. The average Bonchev–Trinajstić information content (AvgIpc) is 2.38. The van der Waals surface area contributed by atoms with Crippen molar-refractivity contribution in [2.24, 2.45) is 5.73 Å². The minimum Gasteiger partial charge on any atom is -0.497 e. The van der Waals surface area contributed by atoms with Crippen LogP contribution in [0.15, 0.2) is 18.2 Å².